The van der Waals surface area contributed by atoms with Crippen LogP contribution in [0, 0.1) is 0 Å². The molecule has 1 unspecified atom stereocenters. The number of rotatable bonds is 3. The Hall–Kier alpha value is -5.86. The molecule has 1 atom stereocenters. The summed E-state index contributed by atoms with van der Waals surface area (Å²) in [6.07, 6.45) is 4.50. The summed E-state index contributed by atoms with van der Waals surface area (Å²) < 4.78 is 9.68. The van der Waals surface area contributed by atoms with E-state index in [4.69, 9.17) is 4.74 Å². The van der Waals surface area contributed by atoms with Crippen molar-refractivity contribution in [3.8, 4) is 33.7 Å². The molecule has 2 aliphatic rings. The minimum atomic E-state index is -0.779. The molecular formula is C43H27NO. The summed E-state index contributed by atoms with van der Waals surface area (Å²) in [5.74, 6) is 0.932. The van der Waals surface area contributed by atoms with Crippen molar-refractivity contribution in [1.29, 1.82) is 0 Å². The molecule has 7 aromatic carbocycles. The third-order valence-corrected chi connectivity index (χ3v) is 9.75. The number of fused-ring (bicyclic) bond motifs is 8. The predicted octanol–water partition coefficient (Wildman–Crippen LogP) is 10.9. The van der Waals surface area contributed by atoms with Crippen LogP contribution in [0.4, 0.5) is 0 Å². The second kappa shape index (κ2) is 9.07. The zero-order valence-electron chi connectivity index (χ0n) is 24.4. The van der Waals surface area contributed by atoms with Gasteiger partial charge in [0.2, 0.25) is 0 Å². The smallest absolute Gasteiger partial charge is 0.178 e. The monoisotopic (exact) mass is 573 g/mol. The Bertz CT molecular complexity index is 2450. The van der Waals surface area contributed by atoms with E-state index in [2.05, 4.69) is 168 Å². The van der Waals surface area contributed by atoms with Crippen molar-refractivity contribution >= 4 is 38.7 Å². The molecule has 0 fully saturated rings. The molecule has 0 bridgehead atoms. The number of aromatic nitrogens is 1. The first-order valence-electron chi connectivity index (χ1n) is 15.5. The van der Waals surface area contributed by atoms with E-state index in [9.17, 15) is 0 Å². The Labute approximate surface area is 261 Å². The molecule has 0 radical (unpaired) electrons. The Balaban J connectivity index is 1.16. The minimum Gasteiger partial charge on any atom is -0.472 e. The third-order valence-electron chi connectivity index (χ3n) is 9.75. The highest BCUT2D eigenvalue weighted by atomic mass is 16.5. The van der Waals surface area contributed by atoms with Gasteiger partial charge in [-0.3, -0.25) is 0 Å². The number of benzene rings is 7. The van der Waals surface area contributed by atoms with E-state index in [1.54, 1.807) is 0 Å². The average Bonchev–Trinajstić information content (AvgIpc) is 3.62. The molecule has 10 rings (SSSR count). The Morgan fingerprint density at radius 1 is 0.467 bits per heavy atom. The lowest BCUT2D eigenvalue weighted by atomic mass is 9.83. The first-order valence-corrected chi connectivity index (χ1v) is 15.5. The highest BCUT2D eigenvalue weighted by Gasteiger charge is 2.38. The molecule has 0 N–H and O–H groups in total. The van der Waals surface area contributed by atoms with Gasteiger partial charge in [0.25, 0.3) is 0 Å². The summed E-state index contributed by atoms with van der Waals surface area (Å²) in [5, 5.41) is 4.95. The third kappa shape index (κ3) is 3.34. The van der Waals surface area contributed by atoms with Gasteiger partial charge in [-0.1, -0.05) is 127 Å². The molecule has 45 heavy (non-hydrogen) atoms. The van der Waals surface area contributed by atoms with Gasteiger partial charge >= 0.3 is 0 Å². The highest BCUT2D eigenvalue weighted by Crippen LogP contribution is 2.53. The van der Waals surface area contributed by atoms with Crippen LogP contribution >= 0.6 is 0 Å². The molecule has 2 heteroatoms. The van der Waals surface area contributed by atoms with Gasteiger partial charge in [0, 0.05) is 43.9 Å². The van der Waals surface area contributed by atoms with Gasteiger partial charge in [-0.05, 0) is 58.7 Å². The van der Waals surface area contributed by atoms with Crippen molar-refractivity contribution in [2.75, 3.05) is 0 Å². The van der Waals surface area contributed by atoms with E-state index in [0.29, 0.717) is 0 Å². The molecular weight excluding hydrogens is 546 g/mol. The maximum absolute atomic E-state index is 7.32. The van der Waals surface area contributed by atoms with Crippen molar-refractivity contribution in [2.45, 2.75) is 5.60 Å². The zero-order valence-corrected chi connectivity index (χ0v) is 24.4. The van der Waals surface area contributed by atoms with Gasteiger partial charge in [-0.25, -0.2) is 0 Å². The van der Waals surface area contributed by atoms with Gasteiger partial charge < -0.3 is 9.30 Å². The second-order valence-electron chi connectivity index (χ2n) is 12.1. The molecule has 0 saturated carbocycles. The second-order valence-corrected chi connectivity index (χ2v) is 12.1. The molecule has 1 aliphatic heterocycles. The molecule has 0 amide bonds. The van der Waals surface area contributed by atoms with E-state index in [-0.39, 0.29) is 0 Å². The van der Waals surface area contributed by atoms with Crippen LogP contribution in [-0.2, 0) is 5.60 Å². The summed E-state index contributed by atoms with van der Waals surface area (Å²) in [4.78, 5) is 0. The van der Waals surface area contributed by atoms with Crippen molar-refractivity contribution in [3.63, 3.8) is 0 Å². The van der Waals surface area contributed by atoms with Gasteiger partial charge in [-0.2, -0.15) is 0 Å². The fourth-order valence-electron chi connectivity index (χ4n) is 7.73. The number of para-hydroxylation sites is 2. The van der Waals surface area contributed by atoms with Crippen LogP contribution in [0.25, 0.3) is 66.6 Å². The highest BCUT2D eigenvalue weighted by molar-refractivity contribution is 6.18. The van der Waals surface area contributed by atoms with Gasteiger partial charge in [0.1, 0.15) is 5.75 Å². The van der Waals surface area contributed by atoms with Gasteiger partial charge in [0.05, 0.1) is 11.0 Å². The molecule has 8 aromatic rings. The summed E-state index contributed by atoms with van der Waals surface area (Å²) >= 11 is 0. The summed E-state index contributed by atoms with van der Waals surface area (Å²) in [6, 6.07) is 54.5. The lowest BCUT2D eigenvalue weighted by Crippen LogP contribution is -2.34. The summed E-state index contributed by atoms with van der Waals surface area (Å²) in [7, 11) is 0. The van der Waals surface area contributed by atoms with Gasteiger partial charge in [0.15, 0.2) is 5.60 Å². The largest absolute Gasteiger partial charge is 0.472 e. The Kier molecular flexibility index (Phi) is 4.95. The first kappa shape index (κ1) is 24.6. The van der Waals surface area contributed by atoms with Crippen LogP contribution < -0.4 is 4.74 Å². The maximum atomic E-state index is 7.32. The topological polar surface area (TPSA) is 14.2 Å². The van der Waals surface area contributed by atoms with Crippen LogP contribution in [0.1, 0.15) is 16.7 Å². The first-order chi connectivity index (χ1) is 22.3. The Morgan fingerprint density at radius 2 is 1.04 bits per heavy atom. The molecule has 1 aliphatic carbocycles. The van der Waals surface area contributed by atoms with Crippen LogP contribution in [0.15, 0.2) is 158 Å². The maximum Gasteiger partial charge on any atom is 0.178 e. The predicted molar refractivity (Wildman–Crippen MR) is 186 cm³/mol. The molecule has 0 saturated heterocycles. The van der Waals surface area contributed by atoms with Crippen molar-refractivity contribution in [3.05, 3.63) is 174 Å². The van der Waals surface area contributed by atoms with E-state index in [1.807, 2.05) is 0 Å². The van der Waals surface area contributed by atoms with Crippen LogP contribution in [0.3, 0.4) is 0 Å². The number of hydrogen-bond acceptors (Lipinski definition) is 1. The molecule has 0 spiro atoms. The molecule has 2 nitrogen and oxygen atoms in total. The SMILES string of the molecule is C1=CC(c2ccccc2)(c2ccc(-n3c4ccccc4c4ccccc43)cc2)Oc2c1cc1c3c(cccc23)-c2ccccc2-1. The van der Waals surface area contributed by atoms with Crippen molar-refractivity contribution in [1.82, 2.24) is 4.57 Å². The van der Waals surface area contributed by atoms with Crippen LogP contribution in [0.2, 0.25) is 0 Å². The van der Waals surface area contributed by atoms with Crippen molar-refractivity contribution in [2.24, 2.45) is 0 Å². The van der Waals surface area contributed by atoms with E-state index in [1.165, 1.54) is 49.4 Å². The summed E-state index contributed by atoms with van der Waals surface area (Å²) in [6.45, 7) is 0. The average molecular weight is 574 g/mol. The fraction of sp³-hybridized carbons (Fsp3) is 0.0233. The number of ether oxygens (including phenoxy) is 1. The quantitative estimate of drug-likeness (QED) is 0.205. The normalized spacial score (nSPS) is 16.2. The van der Waals surface area contributed by atoms with E-state index < -0.39 is 5.60 Å². The zero-order chi connectivity index (χ0) is 29.5. The van der Waals surface area contributed by atoms with Gasteiger partial charge in [-0.15, -0.1) is 0 Å². The van der Waals surface area contributed by atoms with Crippen LogP contribution in [-0.4, -0.2) is 4.57 Å². The van der Waals surface area contributed by atoms with E-state index in [0.717, 1.165) is 33.5 Å². The molecule has 210 valence electrons. The molecule has 1 aromatic heterocycles. The summed E-state index contributed by atoms with van der Waals surface area (Å²) in [5.41, 5.74) is 11.2. The standard InChI is InChI=1S/C43H27NO/c1-2-11-29(12-3-1)43(30-21-23-31(24-22-30)44-39-19-8-6-15-34(39)35-16-7-9-20-40(35)44)26-25-28-27-38-33-14-5-4-13-32(33)36-17-10-18-37(41(36)38)42(28)45-43/h1-27H. The number of nitrogens with zero attached hydrogens (tertiary/aromatic N) is 1. The fourth-order valence-corrected chi connectivity index (χ4v) is 7.73. The lowest BCUT2D eigenvalue weighted by Gasteiger charge is -2.37. The Morgan fingerprint density at radius 3 is 1.78 bits per heavy atom. The lowest BCUT2D eigenvalue weighted by molar-refractivity contribution is 0.163. The van der Waals surface area contributed by atoms with Crippen molar-refractivity contribution < 1.29 is 4.74 Å². The minimum absolute atomic E-state index is 0.779. The number of hydrogen-bond donors (Lipinski definition) is 0. The van der Waals surface area contributed by atoms with E-state index >= 15 is 0 Å². The van der Waals surface area contributed by atoms with Crippen LogP contribution in [0.5, 0.6) is 5.75 Å². The molecule has 2 heterocycles.